The molecule has 0 spiro atoms. The molecule has 1 saturated carbocycles. The summed E-state index contributed by atoms with van der Waals surface area (Å²) in [6.07, 6.45) is -0.878. The molecule has 0 heterocycles. The third-order valence-electron chi connectivity index (χ3n) is 1.05. The standard InChI is InChI=1S/C4H6F2O/c1-7-3-2-4(3,5)6/h3H,2H2,1H3. The molecule has 0 radical (unpaired) electrons. The summed E-state index contributed by atoms with van der Waals surface area (Å²) in [5, 5.41) is 0. The molecule has 0 aromatic heterocycles. The first-order valence-electron chi connectivity index (χ1n) is 2.07. The topological polar surface area (TPSA) is 9.23 Å². The van der Waals surface area contributed by atoms with Crippen LogP contribution in [-0.2, 0) is 4.74 Å². The zero-order chi connectivity index (χ0) is 5.49. The van der Waals surface area contributed by atoms with Crippen LogP contribution in [0.25, 0.3) is 0 Å². The minimum Gasteiger partial charge on any atom is -0.375 e. The highest BCUT2D eigenvalue weighted by Crippen LogP contribution is 2.43. The van der Waals surface area contributed by atoms with Crippen molar-refractivity contribution in [2.45, 2.75) is 18.4 Å². The Balaban J connectivity index is 2.30. The van der Waals surface area contributed by atoms with Crippen molar-refractivity contribution in [3.05, 3.63) is 0 Å². The van der Waals surface area contributed by atoms with Crippen molar-refractivity contribution in [3.63, 3.8) is 0 Å². The van der Waals surface area contributed by atoms with E-state index in [4.69, 9.17) is 0 Å². The summed E-state index contributed by atoms with van der Waals surface area (Å²) < 4.78 is 27.7. The lowest BCUT2D eigenvalue weighted by molar-refractivity contribution is 0.0354. The van der Waals surface area contributed by atoms with E-state index >= 15 is 0 Å². The number of ether oxygens (including phenoxy) is 1. The van der Waals surface area contributed by atoms with Gasteiger partial charge in [-0.1, -0.05) is 0 Å². The Hall–Kier alpha value is -0.180. The van der Waals surface area contributed by atoms with Crippen LogP contribution in [0, 0.1) is 0 Å². The third kappa shape index (κ3) is 0.725. The Morgan fingerprint density at radius 2 is 2.14 bits per heavy atom. The molecule has 0 saturated heterocycles. The zero-order valence-corrected chi connectivity index (χ0v) is 3.95. The van der Waals surface area contributed by atoms with Gasteiger partial charge in [-0.05, 0) is 0 Å². The Labute approximate surface area is 40.3 Å². The average molecular weight is 108 g/mol. The van der Waals surface area contributed by atoms with E-state index < -0.39 is 12.0 Å². The van der Waals surface area contributed by atoms with E-state index in [0.717, 1.165) is 0 Å². The van der Waals surface area contributed by atoms with E-state index in [1.54, 1.807) is 0 Å². The van der Waals surface area contributed by atoms with Crippen molar-refractivity contribution >= 4 is 0 Å². The Bertz CT molecular complexity index is 81.8. The highest BCUT2D eigenvalue weighted by atomic mass is 19.3. The summed E-state index contributed by atoms with van der Waals surface area (Å²) in [4.78, 5) is 0. The number of hydrogen-bond acceptors (Lipinski definition) is 1. The highest BCUT2D eigenvalue weighted by Gasteiger charge is 2.57. The minimum absolute atomic E-state index is 0.0938. The number of rotatable bonds is 1. The van der Waals surface area contributed by atoms with E-state index in [1.807, 2.05) is 0 Å². The summed E-state index contributed by atoms with van der Waals surface area (Å²) >= 11 is 0. The van der Waals surface area contributed by atoms with Crippen LogP contribution < -0.4 is 0 Å². The molecule has 1 rings (SSSR count). The van der Waals surface area contributed by atoms with Gasteiger partial charge >= 0.3 is 0 Å². The second-order valence-corrected chi connectivity index (χ2v) is 1.69. The highest BCUT2D eigenvalue weighted by molar-refractivity contribution is 4.96. The predicted octanol–water partition coefficient (Wildman–Crippen LogP) is 1.04. The predicted molar refractivity (Wildman–Crippen MR) is 20.4 cm³/mol. The maximum Gasteiger partial charge on any atom is 0.276 e. The summed E-state index contributed by atoms with van der Waals surface area (Å²) in [6.45, 7) is 0. The molecule has 1 aliphatic rings. The van der Waals surface area contributed by atoms with Gasteiger partial charge in [0.05, 0.1) is 0 Å². The first kappa shape index (κ1) is 4.97. The summed E-state index contributed by atoms with van der Waals surface area (Å²) in [6, 6.07) is 0. The summed E-state index contributed by atoms with van der Waals surface area (Å²) in [7, 11) is 1.30. The number of hydrogen-bond donors (Lipinski definition) is 0. The fourth-order valence-corrected chi connectivity index (χ4v) is 0.444. The second kappa shape index (κ2) is 1.15. The largest absolute Gasteiger partial charge is 0.375 e. The van der Waals surface area contributed by atoms with E-state index in [9.17, 15) is 8.78 Å². The molecule has 1 unspecified atom stereocenters. The van der Waals surface area contributed by atoms with Crippen LogP contribution in [0.15, 0.2) is 0 Å². The van der Waals surface area contributed by atoms with Crippen molar-refractivity contribution in [2.75, 3.05) is 7.11 Å². The maximum atomic E-state index is 11.7. The van der Waals surface area contributed by atoms with Crippen LogP contribution in [0.2, 0.25) is 0 Å². The third-order valence-corrected chi connectivity index (χ3v) is 1.05. The fourth-order valence-electron chi connectivity index (χ4n) is 0.444. The van der Waals surface area contributed by atoms with Crippen LogP contribution >= 0.6 is 0 Å². The van der Waals surface area contributed by atoms with Crippen LogP contribution in [0.4, 0.5) is 8.78 Å². The van der Waals surface area contributed by atoms with Gasteiger partial charge in [-0.2, -0.15) is 0 Å². The zero-order valence-electron chi connectivity index (χ0n) is 3.95. The van der Waals surface area contributed by atoms with Gasteiger partial charge in [-0.15, -0.1) is 0 Å². The molecule has 0 aromatic rings. The van der Waals surface area contributed by atoms with Gasteiger partial charge in [0.1, 0.15) is 6.10 Å². The van der Waals surface area contributed by atoms with Crippen molar-refractivity contribution in [1.29, 1.82) is 0 Å². The van der Waals surface area contributed by atoms with E-state index in [2.05, 4.69) is 4.74 Å². The molecular formula is C4H6F2O. The van der Waals surface area contributed by atoms with Crippen molar-refractivity contribution in [2.24, 2.45) is 0 Å². The lowest BCUT2D eigenvalue weighted by Gasteiger charge is -1.89. The van der Waals surface area contributed by atoms with Crippen molar-refractivity contribution in [1.82, 2.24) is 0 Å². The average Bonchev–Trinajstić information content (AvgIpc) is 2.13. The number of halogens is 2. The smallest absolute Gasteiger partial charge is 0.276 e. The number of alkyl halides is 2. The molecule has 0 bridgehead atoms. The lowest BCUT2D eigenvalue weighted by atomic mass is 10.8. The Morgan fingerprint density at radius 3 is 2.14 bits per heavy atom. The van der Waals surface area contributed by atoms with Crippen LogP contribution in [0.3, 0.4) is 0 Å². The molecule has 3 heteroatoms. The van der Waals surface area contributed by atoms with E-state index in [1.165, 1.54) is 7.11 Å². The summed E-state index contributed by atoms with van der Waals surface area (Å²) in [5.41, 5.74) is 0. The minimum atomic E-state index is -2.51. The van der Waals surface area contributed by atoms with Crippen LogP contribution in [0.1, 0.15) is 6.42 Å². The summed E-state index contributed by atoms with van der Waals surface area (Å²) in [5.74, 6) is -2.51. The Morgan fingerprint density at radius 1 is 1.71 bits per heavy atom. The van der Waals surface area contributed by atoms with E-state index in [-0.39, 0.29) is 6.42 Å². The van der Waals surface area contributed by atoms with E-state index in [0.29, 0.717) is 0 Å². The molecule has 1 atom stereocenters. The van der Waals surface area contributed by atoms with Gasteiger partial charge in [0, 0.05) is 13.5 Å². The van der Waals surface area contributed by atoms with Gasteiger partial charge in [-0.3, -0.25) is 0 Å². The first-order chi connectivity index (χ1) is 3.17. The molecule has 0 aromatic carbocycles. The van der Waals surface area contributed by atoms with Gasteiger partial charge in [0.15, 0.2) is 0 Å². The van der Waals surface area contributed by atoms with Gasteiger partial charge in [0.25, 0.3) is 5.92 Å². The fraction of sp³-hybridized carbons (Fsp3) is 1.00. The monoisotopic (exact) mass is 108 g/mol. The molecular weight excluding hydrogens is 102 g/mol. The number of methoxy groups -OCH3 is 1. The quantitative estimate of drug-likeness (QED) is 0.487. The molecule has 0 aliphatic heterocycles. The lowest BCUT2D eigenvalue weighted by Crippen LogP contribution is -1.99. The van der Waals surface area contributed by atoms with Gasteiger partial charge in [-0.25, -0.2) is 8.78 Å². The Kier molecular flexibility index (Phi) is 0.819. The first-order valence-corrected chi connectivity index (χ1v) is 2.07. The van der Waals surface area contributed by atoms with Gasteiger partial charge < -0.3 is 4.74 Å². The van der Waals surface area contributed by atoms with Crippen molar-refractivity contribution < 1.29 is 13.5 Å². The van der Waals surface area contributed by atoms with Crippen LogP contribution in [-0.4, -0.2) is 19.1 Å². The van der Waals surface area contributed by atoms with Gasteiger partial charge in [0.2, 0.25) is 0 Å². The normalized spacial score (nSPS) is 35.6. The molecule has 1 nitrogen and oxygen atoms in total. The molecule has 7 heavy (non-hydrogen) atoms. The van der Waals surface area contributed by atoms with Crippen molar-refractivity contribution in [3.8, 4) is 0 Å². The maximum absolute atomic E-state index is 11.7. The molecule has 0 amide bonds. The SMILES string of the molecule is COC1CC1(F)F. The molecule has 0 N–H and O–H groups in total. The van der Waals surface area contributed by atoms with Crippen LogP contribution in [0.5, 0.6) is 0 Å². The molecule has 1 fully saturated rings. The molecule has 1 aliphatic carbocycles. The molecule has 42 valence electrons. The second-order valence-electron chi connectivity index (χ2n) is 1.69.